The fourth-order valence-electron chi connectivity index (χ4n) is 1.88. The van der Waals surface area contributed by atoms with Crippen LogP contribution in [0.4, 0.5) is 0 Å². The van der Waals surface area contributed by atoms with E-state index in [1.54, 1.807) is 7.11 Å². The predicted molar refractivity (Wildman–Crippen MR) is 64.5 cm³/mol. The van der Waals surface area contributed by atoms with Gasteiger partial charge >= 0.3 is 5.97 Å². The highest BCUT2D eigenvalue weighted by Crippen LogP contribution is 2.31. The second kappa shape index (κ2) is 5.19. The number of rotatable bonds is 5. The van der Waals surface area contributed by atoms with E-state index in [1.165, 1.54) is 7.11 Å². The molecule has 1 unspecified atom stereocenters. The summed E-state index contributed by atoms with van der Waals surface area (Å²) < 4.78 is 10.2. The summed E-state index contributed by atoms with van der Waals surface area (Å²) in [7, 11) is 2.98. The van der Waals surface area contributed by atoms with Crippen molar-refractivity contribution in [3.05, 3.63) is 29.8 Å². The lowest BCUT2D eigenvalue weighted by molar-refractivity contribution is -0.152. The fraction of sp³-hybridized carbons (Fsp3) is 0.462. The van der Waals surface area contributed by atoms with Crippen LogP contribution in [0.25, 0.3) is 0 Å². The maximum atomic E-state index is 11.1. The maximum absolute atomic E-state index is 11.1. The van der Waals surface area contributed by atoms with Gasteiger partial charge in [-0.05, 0) is 17.7 Å². The van der Waals surface area contributed by atoms with E-state index in [1.807, 2.05) is 38.1 Å². The Morgan fingerprint density at radius 3 is 2.47 bits per heavy atom. The second-order valence-corrected chi connectivity index (χ2v) is 4.41. The first-order valence-corrected chi connectivity index (χ1v) is 5.33. The van der Waals surface area contributed by atoms with Crippen molar-refractivity contribution < 1.29 is 19.4 Å². The van der Waals surface area contributed by atoms with Crippen LogP contribution in [0.3, 0.4) is 0 Å². The molecule has 0 aliphatic carbocycles. The average molecular weight is 238 g/mol. The van der Waals surface area contributed by atoms with Crippen LogP contribution in [-0.2, 0) is 14.9 Å². The molecule has 4 heteroatoms. The van der Waals surface area contributed by atoms with E-state index in [0.717, 1.165) is 5.56 Å². The quantitative estimate of drug-likeness (QED) is 0.853. The molecule has 0 fully saturated rings. The van der Waals surface area contributed by atoms with Gasteiger partial charge in [-0.25, -0.2) is 4.79 Å². The first-order chi connectivity index (χ1) is 7.93. The number of carbonyl (C=O) groups is 1. The number of methoxy groups -OCH3 is 2. The Labute approximate surface area is 101 Å². The topological polar surface area (TPSA) is 55.8 Å². The van der Waals surface area contributed by atoms with Crippen molar-refractivity contribution in [2.75, 3.05) is 14.2 Å². The molecule has 0 amide bonds. The number of ether oxygens (including phenoxy) is 2. The SMILES string of the molecule is COc1cccc(C(C)(C)C(OC)C(=O)O)c1. The summed E-state index contributed by atoms with van der Waals surface area (Å²) in [6.07, 6.45) is -0.894. The van der Waals surface area contributed by atoms with E-state index in [4.69, 9.17) is 14.6 Å². The third kappa shape index (κ3) is 2.77. The van der Waals surface area contributed by atoms with Gasteiger partial charge in [0.2, 0.25) is 0 Å². The average Bonchev–Trinajstić information content (AvgIpc) is 2.29. The Bertz CT molecular complexity index is 398. The van der Waals surface area contributed by atoms with Crippen LogP contribution in [0.1, 0.15) is 19.4 Å². The van der Waals surface area contributed by atoms with Crippen molar-refractivity contribution in [3.63, 3.8) is 0 Å². The number of carboxylic acids is 1. The van der Waals surface area contributed by atoms with Crippen LogP contribution in [0.15, 0.2) is 24.3 Å². The molecule has 0 saturated heterocycles. The van der Waals surface area contributed by atoms with Gasteiger partial charge in [0.1, 0.15) is 5.75 Å². The van der Waals surface area contributed by atoms with E-state index in [0.29, 0.717) is 5.75 Å². The number of aliphatic carboxylic acids is 1. The molecule has 1 aromatic carbocycles. The highest BCUT2D eigenvalue weighted by molar-refractivity contribution is 5.74. The van der Waals surface area contributed by atoms with Crippen LogP contribution in [0.5, 0.6) is 5.75 Å². The van der Waals surface area contributed by atoms with Crippen molar-refractivity contribution in [2.24, 2.45) is 0 Å². The third-order valence-corrected chi connectivity index (χ3v) is 2.93. The second-order valence-electron chi connectivity index (χ2n) is 4.41. The zero-order chi connectivity index (χ0) is 13.1. The Morgan fingerprint density at radius 2 is 2.00 bits per heavy atom. The Balaban J connectivity index is 3.14. The number of hydrogen-bond donors (Lipinski definition) is 1. The first-order valence-electron chi connectivity index (χ1n) is 5.33. The van der Waals surface area contributed by atoms with E-state index < -0.39 is 17.5 Å². The monoisotopic (exact) mass is 238 g/mol. The highest BCUT2D eigenvalue weighted by atomic mass is 16.5. The van der Waals surface area contributed by atoms with Crippen molar-refractivity contribution in [1.29, 1.82) is 0 Å². The molecule has 1 atom stereocenters. The summed E-state index contributed by atoms with van der Waals surface area (Å²) in [5.74, 6) is -0.267. The number of carboxylic acid groups (broad SMARTS) is 1. The molecule has 1 aromatic rings. The molecule has 0 aromatic heterocycles. The van der Waals surface area contributed by atoms with Gasteiger partial charge in [-0.3, -0.25) is 0 Å². The Kier molecular flexibility index (Phi) is 4.12. The smallest absolute Gasteiger partial charge is 0.333 e. The zero-order valence-electron chi connectivity index (χ0n) is 10.6. The summed E-state index contributed by atoms with van der Waals surface area (Å²) in [6, 6.07) is 7.36. The molecule has 0 spiro atoms. The molecule has 4 nitrogen and oxygen atoms in total. The van der Waals surface area contributed by atoms with Crippen molar-refractivity contribution in [1.82, 2.24) is 0 Å². The van der Waals surface area contributed by atoms with Gasteiger partial charge in [-0.2, -0.15) is 0 Å². The molecule has 0 heterocycles. The molecular weight excluding hydrogens is 220 g/mol. The van der Waals surface area contributed by atoms with Crippen molar-refractivity contribution in [3.8, 4) is 5.75 Å². The molecule has 0 aliphatic heterocycles. The van der Waals surface area contributed by atoms with Crippen LogP contribution in [0.2, 0.25) is 0 Å². The maximum Gasteiger partial charge on any atom is 0.333 e. The van der Waals surface area contributed by atoms with Crippen LogP contribution >= 0.6 is 0 Å². The van der Waals surface area contributed by atoms with Crippen molar-refractivity contribution >= 4 is 5.97 Å². The Morgan fingerprint density at radius 1 is 1.35 bits per heavy atom. The van der Waals surface area contributed by atoms with E-state index >= 15 is 0 Å². The molecular formula is C13H18O4. The lowest BCUT2D eigenvalue weighted by atomic mass is 9.79. The summed E-state index contributed by atoms with van der Waals surface area (Å²) >= 11 is 0. The number of benzene rings is 1. The summed E-state index contributed by atoms with van der Waals surface area (Å²) in [5, 5.41) is 9.14. The Hall–Kier alpha value is -1.55. The lowest BCUT2D eigenvalue weighted by Crippen LogP contribution is -2.41. The molecule has 1 rings (SSSR count). The van der Waals surface area contributed by atoms with Gasteiger partial charge in [-0.1, -0.05) is 26.0 Å². The molecule has 0 bridgehead atoms. The molecule has 17 heavy (non-hydrogen) atoms. The minimum atomic E-state index is -0.972. The van der Waals surface area contributed by atoms with E-state index in [-0.39, 0.29) is 0 Å². The lowest BCUT2D eigenvalue weighted by Gasteiger charge is -2.31. The summed E-state index contributed by atoms with van der Waals surface area (Å²) in [6.45, 7) is 3.67. The predicted octanol–water partition coefficient (Wildman–Crippen LogP) is 2.07. The molecule has 0 saturated carbocycles. The van der Waals surface area contributed by atoms with Crippen LogP contribution in [-0.4, -0.2) is 31.4 Å². The normalized spacial score (nSPS) is 13.2. The van der Waals surface area contributed by atoms with Crippen LogP contribution in [0, 0.1) is 0 Å². The summed E-state index contributed by atoms with van der Waals surface area (Å²) in [5.41, 5.74) is 0.237. The standard InChI is InChI=1S/C13H18O4/c1-13(2,11(17-4)12(14)15)9-6-5-7-10(8-9)16-3/h5-8,11H,1-4H3,(H,14,15). The largest absolute Gasteiger partial charge is 0.497 e. The first kappa shape index (κ1) is 13.5. The van der Waals surface area contributed by atoms with Gasteiger partial charge in [0.25, 0.3) is 0 Å². The molecule has 94 valence electrons. The third-order valence-electron chi connectivity index (χ3n) is 2.93. The minimum absolute atomic E-state index is 0.630. The highest BCUT2D eigenvalue weighted by Gasteiger charge is 2.37. The fourth-order valence-corrected chi connectivity index (χ4v) is 1.88. The zero-order valence-corrected chi connectivity index (χ0v) is 10.6. The van der Waals surface area contributed by atoms with Gasteiger partial charge < -0.3 is 14.6 Å². The molecule has 0 radical (unpaired) electrons. The minimum Gasteiger partial charge on any atom is -0.497 e. The van der Waals surface area contributed by atoms with Crippen molar-refractivity contribution in [2.45, 2.75) is 25.4 Å². The van der Waals surface area contributed by atoms with E-state index in [2.05, 4.69) is 0 Å². The van der Waals surface area contributed by atoms with Gasteiger partial charge in [0.05, 0.1) is 7.11 Å². The van der Waals surface area contributed by atoms with E-state index in [9.17, 15) is 4.79 Å². The van der Waals surface area contributed by atoms with Gasteiger partial charge in [0, 0.05) is 12.5 Å². The summed E-state index contributed by atoms with van der Waals surface area (Å²) in [4.78, 5) is 11.1. The van der Waals surface area contributed by atoms with Gasteiger partial charge in [0.15, 0.2) is 6.10 Å². The molecule has 1 N–H and O–H groups in total. The van der Waals surface area contributed by atoms with Gasteiger partial charge in [-0.15, -0.1) is 0 Å². The molecule has 0 aliphatic rings. The number of hydrogen-bond acceptors (Lipinski definition) is 3. The van der Waals surface area contributed by atoms with Crippen LogP contribution < -0.4 is 4.74 Å².